The zero-order valence-corrected chi connectivity index (χ0v) is 21.6. The van der Waals surface area contributed by atoms with Gasteiger partial charge in [0.25, 0.3) is 11.8 Å². The van der Waals surface area contributed by atoms with E-state index >= 15 is 0 Å². The number of amides is 2. The highest BCUT2D eigenvalue weighted by atomic mass is 32.1. The minimum atomic E-state index is -0.223. The summed E-state index contributed by atoms with van der Waals surface area (Å²) in [5, 5.41) is 6.83. The minimum absolute atomic E-state index is 0.207. The first-order valence-electron chi connectivity index (χ1n) is 12.1. The van der Waals surface area contributed by atoms with Crippen LogP contribution in [0.2, 0.25) is 0 Å². The predicted octanol–water partition coefficient (Wildman–Crippen LogP) is 6.67. The maximum Gasteiger partial charge on any atom is 0.265 e. The maximum atomic E-state index is 13.3. The molecule has 0 saturated carbocycles. The van der Waals surface area contributed by atoms with E-state index in [0.29, 0.717) is 40.8 Å². The second-order valence-corrected chi connectivity index (χ2v) is 9.65. The molecule has 0 saturated heterocycles. The summed E-state index contributed by atoms with van der Waals surface area (Å²) in [5.41, 5.74) is 3.06. The molecule has 0 atom stereocenters. The van der Waals surface area contributed by atoms with Gasteiger partial charge in [0.15, 0.2) is 5.75 Å². The fraction of sp³-hybridized carbons (Fsp3) is 0.0968. The van der Waals surface area contributed by atoms with Crippen molar-refractivity contribution in [1.29, 1.82) is 0 Å². The molecular weight excluding hydrogens is 496 g/mol. The van der Waals surface area contributed by atoms with Crippen LogP contribution in [-0.2, 0) is 13.2 Å². The van der Waals surface area contributed by atoms with E-state index in [2.05, 4.69) is 10.6 Å². The molecular formula is C31H26N2O4S. The number of rotatable bonds is 9. The van der Waals surface area contributed by atoms with E-state index in [0.717, 1.165) is 21.2 Å². The van der Waals surface area contributed by atoms with Gasteiger partial charge in [-0.2, -0.15) is 0 Å². The van der Waals surface area contributed by atoms with Crippen LogP contribution < -0.4 is 20.1 Å². The molecule has 5 rings (SSSR count). The van der Waals surface area contributed by atoms with E-state index in [-0.39, 0.29) is 11.8 Å². The van der Waals surface area contributed by atoms with Gasteiger partial charge in [0.05, 0.1) is 7.11 Å². The highest BCUT2D eigenvalue weighted by molar-refractivity contribution is 7.21. The van der Waals surface area contributed by atoms with Crippen molar-refractivity contribution in [3.63, 3.8) is 0 Å². The van der Waals surface area contributed by atoms with Crippen LogP contribution in [0.4, 0.5) is 5.69 Å². The standard InChI is InChI=1S/C31H26N2O4S/c1-36-25-16-14-23(15-17-25)30(34)33-24-11-7-10-22(18-24)19-32-31(35)29-28(26-12-5-6-13-27(26)38-29)37-20-21-8-3-2-4-9-21/h2-18H,19-20H2,1H3,(H,32,35)(H,33,34). The summed E-state index contributed by atoms with van der Waals surface area (Å²) < 4.78 is 12.3. The van der Waals surface area contributed by atoms with Crippen molar-refractivity contribution >= 4 is 38.9 Å². The summed E-state index contributed by atoms with van der Waals surface area (Å²) in [6.45, 7) is 0.676. The Hall–Kier alpha value is -4.62. The van der Waals surface area contributed by atoms with Crippen molar-refractivity contribution in [2.75, 3.05) is 12.4 Å². The molecule has 6 nitrogen and oxygen atoms in total. The van der Waals surface area contributed by atoms with E-state index in [4.69, 9.17) is 9.47 Å². The monoisotopic (exact) mass is 522 g/mol. The van der Waals surface area contributed by atoms with Crippen LogP contribution in [-0.4, -0.2) is 18.9 Å². The van der Waals surface area contributed by atoms with Gasteiger partial charge in [-0.25, -0.2) is 0 Å². The van der Waals surface area contributed by atoms with Crippen molar-refractivity contribution in [1.82, 2.24) is 5.32 Å². The van der Waals surface area contributed by atoms with Crippen molar-refractivity contribution in [3.8, 4) is 11.5 Å². The summed E-state index contributed by atoms with van der Waals surface area (Å²) in [6, 6.07) is 32.0. The van der Waals surface area contributed by atoms with Gasteiger partial charge in [-0.3, -0.25) is 9.59 Å². The van der Waals surface area contributed by atoms with E-state index < -0.39 is 0 Å². The molecule has 0 aliphatic heterocycles. The molecule has 0 aliphatic rings. The Balaban J connectivity index is 1.27. The van der Waals surface area contributed by atoms with Crippen LogP contribution in [0.3, 0.4) is 0 Å². The average Bonchev–Trinajstić information content (AvgIpc) is 3.34. The molecule has 5 aromatic rings. The lowest BCUT2D eigenvalue weighted by Crippen LogP contribution is -2.22. The normalized spacial score (nSPS) is 10.7. The van der Waals surface area contributed by atoms with Crippen molar-refractivity contribution in [2.45, 2.75) is 13.2 Å². The van der Waals surface area contributed by atoms with E-state index in [1.54, 1.807) is 31.4 Å². The first-order valence-corrected chi connectivity index (χ1v) is 12.9. The van der Waals surface area contributed by atoms with Crippen LogP contribution in [0.15, 0.2) is 103 Å². The maximum absolute atomic E-state index is 13.3. The first kappa shape index (κ1) is 25.0. The van der Waals surface area contributed by atoms with Crippen LogP contribution in [0.25, 0.3) is 10.1 Å². The number of benzene rings is 4. The molecule has 190 valence electrons. The van der Waals surface area contributed by atoms with Crippen LogP contribution in [0, 0.1) is 0 Å². The molecule has 0 spiro atoms. The Bertz CT molecular complexity index is 1560. The number of hydrogen-bond donors (Lipinski definition) is 2. The van der Waals surface area contributed by atoms with Gasteiger partial charge < -0.3 is 20.1 Å². The number of fused-ring (bicyclic) bond motifs is 1. The highest BCUT2D eigenvalue weighted by Crippen LogP contribution is 2.38. The van der Waals surface area contributed by atoms with Crippen molar-refractivity contribution in [2.24, 2.45) is 0 Å². The third-order valence-electron chi connectivity index (χ3n) is 5.97. The first-order chi connectivity index (χ1) is 18.6. The Morgan fingerprint density at radius 2 is 1.53 bits per heavy atom. The number of nitrogens with one attached hydrogen (secondary N) is 2. The van der Waals surface area contributed by atoms with Gasteiger partial charge in [0.1, 0.15) is 17.2 Å². The summed E-state index contributed by atoms with van der Waals surface area (Å²) >= 11 is 1.41. The predicted molar refractivity (Wildman–Crippen MR) is 151 cm³/mol. The number of thiophene rings is 1. The largest absolute Gasteiger partial charge is 0.497 e. The second-order valence-electron chi connectivity index (χ2n) is 8.60. The third kappa shape index (κ3) is 5.85. The lowest BCUT2D eigenvalue weighted by atomic mass is 10.1. The quantitative estimate of drug-likeness (QED) is 0.227. The summed E-state index contributed by atoms with van der Waals surface area (Å²) in [5.74, 6) is 0.847. The number of methoxy groups -OCH3 is 1. The van der Waals surface area contributed by atoms with Gasteiger partial charge in [0, 0.05) is 27.9 Å². The van der Waals surface area contributed by atoms with Crippen LogP contribution in [0.5, 0.6) is 11.5 Å². The van der Waals surface area contributed by atoms with E-state index in [1.807, 2.05) is 78.9 Å². The number of anilines is 1. The number of carbonyl (C=O) groups excluding carboxylic acids is 2. The Morgan fingerprint density at radius 1 is 0.789 bits per heavy atom. The zero-order valence-electron chi connectivity index (χ0n) is 20.8. The van der Waals surface area contributed by atoms with Crippen molar-refractivity contribution < 1.29 is 19.1 Å². The number of carbonyl (C=O) groups is 2. The molecule has 0 fully saturated rings. The highest BCUT2D eigenvalue weighted by Gasteiger charge is 2.20. The lowest BCUT2D eigenvalue weighted by Gasteiger charge is -2.10. The molecule has 1 aromatic heterocycles. The van der Waals surface area contributed by atoms with Gasteiger partial charge in [-0.1, -0.05) is 54.6 Å². The van der Waals surface area contributed by atoms with Gasteiger partial charge in [0.2, 0.25) is 0 Å². The lowest BCUT2D eigenvalue weighted by molar-refractivity contribution is 0.0950. The molecule has 0 unspecified atom stereocenters. The molecule has 2 amide bonds. The molecule has 4 aromatic carbocycles. The topological polar surface area (TPSA) is 76.7 Å². The smallest absolute Gasteiger partial charge is 0.265 e. The van der Waals surface area contributed by atoms with Gasteiger partial charge >= 0.3 is 0 Å². The molecule has 2 N–H and O–H groups in total. The summed E-state index contributed by atoms with van der Waals surface area (Å²) in [7, 11) is 1.58. The summed E-state index contributed by atoms with van der Waals surface area (Å²) in [4.78, 5) is 26.4. The Morgan fingerprint density at radius 3 is 2.32 bits per heavy atom. The van der Waals surface area contributed by atoms with Crippen molar-refractivity contribution in [3.05, 3.63) is 125 Å². The van der Waals surface area contributed by atoms with Crippen LogP contribution in [0.1, 0.15) is 31.2 Å². The molecule has 0 aliphatic carbocycles. The Kier molecular flexibility index (Phi) is 7.66. The minimum Gasteiger partial charge on any atom is -0.497 e. The SMILES string of the molecule is COc1ccc(C(=O)Nc2cccc(CNC(=O)c3sc4ccccc4c3OCc3ccccc3)c2)cc1. The second kappa shape index (κ2) is 11.6. The van der Waals surface area contributed by atoms with E-state index in [1.165, 1.54) is 11.3 Å². The van der Waals surface area contributed by atoms with Crippen LogP contribution >= 0.6 is 11.3 Å². The fourth-order valence-corrected chi connectivity index (χ4v) is 5.08. The number of hydrogen-bond acceptors (Lipinski definition) is 5. The molecule has 1 heterocycles. The third-order valence-corrected chi connectivity index (χ3v) is 7.12. The zero-order chi connectivity index (χ0) is 26.3. The molecule has 0 bridgehead atoms. The van der Waals surface area contributed by atoms with Gasteiger partial charge in [-0.05, 0) is 59.7 Å². The van der Waals surface area contributed by atoms with Gasteiger partial charge in [-0.15, -0.1) is 11.3 Å². The Labute approximate surface area is 224 Å². The van der Waals surface area contributed by atoms with E-state index in [9.17, 15) is 9.59 Å². The molecule has 38 heavy (non-hydrogen) atoms. The number of ether oxygens (including phenoxy) is 2. The summed E-state index contributed by atoms with van der Waals surface area (Å²) in [6.07, 6.45) is 0. The average molecular weight is 523 g/mol. The fourth-order valence-electron chi connectivity index (χ4n) is 4.01. The molecule has 7 heteroatoms. The molecule has 0 radical (unpaired) electrons.